The molecule has 13 heavy (non-hydrogen) atoms. The van der Waals surface area contributed by atoms with E-state index in [2.05, 4.69) is 22.6 Å². The first kappa shape index (κ1) is 9.44. The molecule has 0 bridgehead atoms. The monoisotopic (exact) mass is 183 g/mol. The molecule has 0 saturated carbocycles. The summed E-state index contributed by atoms with van der Waals surface area (Å²) in [6.45, 7) is 6.03. The van der Waals surface area contributed by atoms with E-state index in [0.717, 1.165) is 0 Å². The van der Waals surface area contributed by atoms with Crippen LogP contribution < -0.4 is 10.6 Å². The van der Waals surface area contributed by atoms with Gasteiger partial charge in [-0.05, 0) is 52.5 Å². The summed E-state index contributed by atoms with van der Waals surface area (Å²) in [5.41, 5.74) is 0.420. The Morgan fingerprint density at radius 1 is 1.15 bits per heavy atom. The average Bonchev–Trinajstić information content (AvgIpc) is 2.37. The molecule has 2 fully saturated rings. The second kappa shape index (κ2) is 3.95. The zero-order valence-electron chi connectivity index (χ0n) is 8.60. The molecule has 0 radical (unpaired) electrons. The lowest BCUT2D eigenvalue weighted by molar-refractivity contribution is 0.161. The number of piperidine rings is 1. The maximum atomic E-state index is 3.73. The Labute approximate surface area is 80.9 Å². The van der Waals surface area contributed by atoms with Gasteiger partial charge < -0.3 is 15.5 Å². The minimum atomic E-state index is 0.420. The molecular weight excluding hydrogens is 162 g/mol. The van der Waals surface area contributed by atoms with Crippen LogP contribution >= 0.6 is 0 Å². The zero-order valence-corrected chi connectivity index (χ0v) is 8.60. The van der Waals surface area contributed by atoms with Crippen LogP contribution in [0.5, 0.6) is 0 Å². The lowest BCUT2D eigenvalue weighted by Crippen LogP contribution is -2.56. The second-order valence-electron chi connectivity index (χ2n) is 4.54. The normalized spacial score (nSPS) is 30.2. The van der Waals surface area contributed by atoms with Gasteiger partial charge in [0.1, 0.15) is 0 Å². The van der Waals surface area contributed by atoms with Gasteiger partial charge in [0.15, 0.2) is 0 Å². The number of nitrogens with one attached hydrogen (secondary N) is 2. The van der Waals surface area contributed by atoms with Crippen LogP contribution in [0.3, 0.4) is 0 Å². The summed E-state index contributed by atoms with van der Waals surface area (Å²) in [4.78, 5) is 2.43. The Bertz CT molecular complexity index is 152. The number of nitrogens with zero attached hydrogens (tertiary/aromatic N) is 1. The predicted molar refractivity (Wildman–Crippen MR) is 55.0 cm³/mol. The van der Waals surface area contributed by atoms with Crippen molar-refractivity contribution in [3.8, 4) is 0 Å². The van der Waals surface area contributed by atoms with Crippen LogP contribution in [-0.2, 0) is 0 Å². The molecule has 76 valence electrons. The van der Waals surface area contributed by atoms with Gasteiger partial charge in [0.2, 0.25) is 0 Å². The molecule has 0 unspecified atom stereocenters. The third kappa shape index (κ3) is 2.22. The molecule has 3 nitrogen and oxygen atoms in total. The summed E-state index contributed by atoms with van der Waals surface area (Å²) in [5.74, 6) is 0. The lowest BCUT2D eigenvalue weighted by Gasteiger charge is -2.40. The molecule has 2 aliphatic rings. The topological polar surface area (TPSA) is 27.3 Å². The van der Waals surface area contributed by atoms with E-state index in [-0.39, 0.29) is 0 Å². The fourth-order valence-corrected chi connectivity index (χ4v) is 2.36. The van der Waals surface area contributed by atoms with Crippen LogP contribution in [0, 0.1) is 0 Å². The van der Waals surface area contributed by atoms with Crippen molar-refractivity contribution in [3.63, 3.8) is 0 Å². The van der Waals surface area contributed by atoms with Crippen molar-refractivity contribution in [1.29, 1.82) is 0 Å². The molecule has 0 atom stereocenters. The zero-order chi connectivity index (χ0) is 9.15. The third-order valence-electron chi connectivity index (χ3n) is 3.44. The average molecular weight is 183 g/mol. The number of hydrogen-bond donors (Lipinski definition) is 2. The molecule has 0 aromatic rings. The van der Waals surface area contributed by atoms with Crippen LogP contribution in [0.1, 0.15) is 19.3 Å². The Kier molecular flexibility index (Phi) is 2.86. The van der Waals surface area contributed by atoms with Gasteiger partial charge in [-0.3, -0.25) is 0 Å². The summed E-state index contributed by atoms with van der Waals surface area (Å²) in [7, 11) is 2.22. The highest BCUT2D eigenvalue weighted by Crippen LogP contribution is 2.21. The minimum Gasteiger partial charge on any atom is -0.315 e. The molecule has 2 N–H and O–H groups in total. The molecule has 2 rings (SSSR count). The Morgan fingerprint density at radius 2 is 1.92 bits per heavy atom. The molecule has 0 aromatic heterocycles. The molecule has 2 heterocycles. The molecule has 2 saturated heterocycles. The fourth-order valence-electron chi connectivity index (χ4n) is 2.36. The maximum Gasteiger partial charge on any atom is 0.0330 e. The third-order valence-corrected chi connectivity index (χ3v) is 3.44. The first-order valence-electron chi connectivity index (χ1n) is 5.45. The highest BCUT2D eigenvalue weighted by atomic mass is 15.1. The summed E-state index contributed by atoms with van der Waals surface area (Å²) in [6.07, 6.45) is 3.88. The van der Waals surface area contributed by atoms with Crippen LogP contribution in [-0.4, -0.2) is 50.2 Å². The molecule has 0 aliphatic carbocycles. The number of hydrogen-bond acceptors (Lipinski definition) is 3. The first-order valence-corrected chi connectivity index (χ1v) is 5.45. The summed E-state index contributed by atoms with van der Waals surface area (Å²) in [6, 6.07) is 0. The summed E-state index contributed by atoms with van der Waals surface area (Å²) in [5, 5.41) is 7.27. The van der Waals surface area contributed by atoms with Gasteiger partial charge in [0, 0.05) is 12.1 Å². The van der Waals surface area contributed by atoms with E-state index in [0.29, 0.717) is 5.54 Å². The quantitative estimate of drug-likeness (QED) is 0.555. The van der Waals surface area contributed by atoms with E-state index in [1.807, 2.05) is 0 Å². The van der Waals surface area contributed by atoms with Gasteiger partial charge in [-0.15, -0.1) is 0 Å². The van der Waals surface area contributed by atoms with Gasteiger partial charge in [0.05, 0.1) is 0 Å². The van der Waals surface area contributed by atoms with E-state index < -0.39 is 0 Å². The number of likely N-dealkylation sites (tertiary alicyclic amines) is 1. The van der Waals surface area contributed by atoms with Crippen molar-refractivity contribution in [2.45, 2.75) is 24.8 Å². The standard InChI is InChI=1S/C10H21N3/c1-13-7-3-10(4-8-13)9-11-5-2-6-12-10/h11-12H,2-9H2,1H3. The predicted octanol–water partition coefficient (Wildman–Crippen LogP) is 0.0337. The largest absolute Gasteiger partial charge is 0.315 e. The van der Waals surface area contributed by atoms with Crippen molar-refractivity contribution in [3.05, 3.63) is 0 Å². The van der Waals surface area contributed by atoms with Gasteiger partial charge in [-0.2, -0.15) is 0 Å². The van der Waals surface area contributed by atoms with Crippen molar-refractivity contribution in [2.75, 3.05) is 39.8 Å². The van der Waals surface area contributed by atoms with Crippen LogP contribution in [0.4, 0.5) is 0 Å². The van der Waals surface area contributed by atoms with Crippen LogP contribution in [0.2, 0.25) is 0 Å². The molecule has 1 spiro atoms. The van der Waals surface area contributed by atoms with E-state index in [1.54, 1.807) is 0 Å². The molecule has 0 aromatic carbocycles. The van der Waals surface area contributed by atoms with Gasteiger partial charge in [-0.25, -0.2) is 0 Å². The highest BCUT2D eigenvalue weighted by Gasteiger charge is 2.33. The van der Waals surface area contributed by atoms with Crippen molar-refractivity contribution in [1.82, 2.24) is 15.5 Å². The van der Waals surface area contributed by atoms with Crippen molar-refractivity contribution in [2.24, 2.45) is 0 Å². The summed E-state index contributed by atoms with van der Waals surface area (Å²) >= 11 is 0. The molecule has 2 aliphatic heterocycles. The van der Waals surface area contributed by atoms with Gasteiger partial charge in [0.25, 0.3) is 0 Å². The van der Waals surface area contributed by atoms with E-state index in [1.165, 1.54) is 52.0 Å². The molecule has 0 amide bonds. The Morgan fingerprint density at radius 3 is 2.69 bits per heavy atom. The van der Waals surface area contributed by atoms with E-state index >= 15 is 0 Å². The molecular formula is C10H21N3. The van der Waals surface area contributed by atoms with Crippen LogP contribution in [0.25, 0.3) is 0 Å². The molecule has 3 heteroatoms. The SMILES string of the molecule is CN1CCC2(CC1)CNCCCN2. The van der Waals surface area contributed by atoms with Crippen molar-refractivity contribution >= 4 is 0 Å². The summed E-state index contributed by atoms with van der Waals surface area (Å²) < 4.78 is 0. The smallest absolute Gasteiger partial charge is 0.0330 e. The number of rotatable bonds is 0. The van der Waals surface area contributed by atoms with Crippen LogP contribution in [0.15, 0.2) is 0 Å². The second-order valence-corrected chi connectivity index (χ2v) is 4.54. The Hall–Kier alpha value is -0.120. The van der Waals surface area contributed by atoms with Gasteiger partial charge >= 0.3 is 0 Å². The lowest BCUT2D eigenvalue weighted by atomic mass is 9.87. The van der Waals surface area contributed by atoms with Crippen molar-refractivity contribution < 1.29 is 0 Å². The van der Waals surface area contributed by atoms with E-state index in [9.17, 15) is 0 Å². The Balaban J connectivity index is 1.93. The van der Waals surface area contributed by atoms with Gasteiger partial charge in [-0.1, -0.05) is 0 Å². The highest BCUT2D eigenvalue weighted by molar-refractivity contribution is 4.95. The minimum absolute atomic E-state index is 0.420. The fraction of sp³-hybridized carbons (Fsp3) is 1.00. The van der Waals surface area contributed by atoms with E-state index in [4.69, 9.17) is 0 Å². The maximum absolute atomic E-state index is 3.73. The first-order chi connectivity index (χ1) is 6.31.